The minimum Gasteiger partial charge on any atom is -0.455 e. The molecular weight excluding hydrogens is 383 g/mol. The SMILES string of the molecule is O=c1c(-c2ccc(F)cc2)c(-c2ccccc2)oc2ccc(Br)cc12. The van der Waals surface area contributed by atoms with Crippen LogP contribution >= 0.6 is 15.9 Å². The van der Waals surface area contributed by atoms with Crippen LogP contribution in [0.2, 0.25) is 0 Å². The van der Waals surface area contributed by atoms with E-state index in [0.29, 0.717) is 27.9 Å². The number of rotatable bonds is 2. The Labute approximate surface area is 151 Å². The van der Waals surface area contributed by atoms with Gasteiger partial charge >= 0.3 is 0 Å². The lowest BCUT2D eigenvalue weighted by atomic mass is 9.98. The van der Waals surface area contributed by atoms with E-state index in [-0.39, 0.29) is 11.2 Å². The Balaban J connectivity index is 2.12. The molecule has 0 aliphatic heterocycles. The predicted octanol–water partition coefficient (Wildman–Crippen LogP) is 6.03. The van der Waals surface area contributed by atoms with E-state index in [0.717, 1.165) is 10.0 Å². The lowest BCUT2D eigenvalue weighted by molar-refractivity contribution is 0.620. The molecule has 1 heterocycles. The highest BCUT2D eigenvalue weighted by Crippen LogP contribution is 2.33. The molecule has 0 radical (unpaired) electrons. The lowest BCUT2D eigenvalue weighted by Gasteiger charge is -2.11. The molecular formula is C21H12BrFO2. The van der Waals surface area contributed by atoms with Crippen LogP contribution in [0.4, 0.5) is 4.39 Å². The van der Waals surface area contributed by atoms with E-state index in [9.17, 15) is 9.18 Å². The molecule has 25 heavy (non-hydrogen) atoms. The summed E-state index contributed by atoms with van der Waals surface area (Å²) >= 11 is 3.39. The smallest absolute Gasteiger partial charge is 0.201 e. The van der Waals surface area contributed by atoms with Crippen LogP contribution in [-0.2, 0) is 0 Å². The summed E-state index contributed by atoms with van der Waals surface area (Å²) in [5.41, 5.74) is 2.21. The van der Waals surface area contributed by atoms with E-state index < -0.39 is 0 Å². The Kier molecular flexibility index (Phi) is 3.98. The van der Waals surface area contributed by atoms with Crippen molar-refractivity contribution in [2.75, 3.05) is 0 Å². The molecule has 0 aliphatic carbocycles. The first-order valence-corrected chi connectivity index (χ1v) is 8.50. The van der Waals surface area contributed by atoms with Crippen molar-refractivity contribution < 1.29 is 8.81 Å². The van der Waals surface area contributed by atoms with E-state index in [1.165, 1.54) is 12.1 Å². The van der Waals surface area contributed by atoms with Crippen molar-refractivity contribution in [1.29, 1.82) is 0 Å². The van der Waals surface area contributed by atoms with Crippen LogP contribution in [0.5, 0.6) is 0 Å². The second-order valence-electron chi connectivity index (χ2n) is 5.65. The average molecular weight is 395 g/mol. The predicted molar refractivity (Wildman–Crippen MR) is 101 cm³/mol. The summed E-state index contributed by atoms with van der Waals surface area (Å²) in [6, 6.07) is 20.6. The van der Waals surface area contributed by atoms with Crippen LogP contribution in [-0.4, -0.2) is 0 Å². The zero-order valence-electron chi connectivity index (χ0n) is 13.0. The average Bonchev–Trinajstić information content (AvgIpc) is 2.64. The monoisotopic (exact) mass is 394 g/mol. The quantitative estimate of drug-likeness (QED) is 0.415. The van der Waals surface area contributed by atoms with Crippen molar-refractivity contribution in [2.45, 2.75) is 0 Å². The van der Waals surface area contributed by atoms with Gasteiger partial charge in [0.05, 0.1) is 10.9 Å². The molecule has 0 atom stereocenters. The number of hydrogen-bond donors (Lipinski definition) is 0. The summed E-state index contributed by atoms with van der Waals surface area (Å²) in [4.78, 5) is 13.2. The van der Waals surface area contributed by atoms with E-state index >= 15 is 0 Å². The van der Waals surface area contributed by atoms with E-state index in [2.05, 4.69) is 15.9 Å². The Morgan fingerprint density at radius 1 is 0.840 bits per heavy atom. The first-order chi connectivity index (χ1) is 12.1. The van der Waals surface area contributed by atoms with Crippen molar-refractivity contribution in [2.24, 2.45) is 0 Å². The minimum atomic E-state index is -0.349. The summed E-state index contributed by atoms with van der Waals surface area (Å²) in [7, 11) is 0. The third-order valence-corrected chi connectivity index (χ3v) is 4.51. The van der Waals surface area contributed by atoms with Crippen LogP contribution < -0.4 is 5.43 Å². The minimum absolute atomic E-state index is 0.145. The third kappa shape index (κ3) is 2.89. The zero-order chi connectivity index (χ0) is 17.4. The van der Waals surface area contributed by atoms with Gasteiger partial charge in [-0.3, -0.25) is 4.79 Å². The van der Waals surface area contributed by atoms with Gasteiger partial charge in [-0.2, -0.15) is 0 Å². The number of benzene rings is 3. The molecule has 4 aromatic rings. The van der Waals surface area contributed by atoms with E-state index in [4.69, 9.17) is 4.42 Å². The van der Waals surface area contributed by atoms with Gasteiger partial charge in [0.15, 0.2) is 0 Å². The maximum atomic E-state index is 13.3. The number of halogens is 2. The lowest BCUT2D eigenvalue weighted by Crippen LogP contribution is -2.07. The van der Waals surface area contributed by atoms with Gasteiger partial charge < -0.3 is 4.42 Å². The molecule has 0 amide bonds. The normalized spacial score (nSPS) is 11.0. The summed E-state index contributed by atoms with van der Waals surface area (Å²) in [6.45, 7) is 0. The first kappa shape index (κ1) is 15.8. The summed E-state index contributed by atoms with van der Waals surface area (Å²) in [6.07, 6.45) is 0. The van der Waals surface area contributed by atoms with Gasteiger partial charge in [0.1, 0.15) is 17.2 Å². The zero-order valence-corrected chi connectivity index (χ0v) is 14.6. The fourth-order valence-electron chi connectivity index (χ4n) is 2.84. The standard InChI is InChI=1S/C21H12BrFO2/c22-15-8-11-18-17(12-15)20(24)19(13-6-9-16(23)10-7-13)21(25-18)14-4-2-1-3-5-14/h1-12H. The van der Waals surface area contributed by atoms with Gasteiger partial charge in [0.25, 0.3) is 0 Å². The van der Waals surface area contributed by atoms with Gasteiger partial charge in [0.2, 0.25) is 5.43 Å². The Hall–Kier alpha value is -2.72. The number of fused-ring (bicyclic) bond motifs is 1. The van der Waals surface area contributed by atoms with E-state index in [1.807, 2.05) is 36.4 Å². The molecule has 0 bridgehead atoms. The molecule has 0 N–H and O–H groups in total. The van der Waals surface area contributed by atoms with Crippen LogP contribution in [0.3, 0.4) is 0 Å². The Bertz CT molecular complexity index is 1120. The highest BCUT2D eigenvalue weighted by molar-refractivity contribution is 9.10. The van der Waals surface area contributed by atoms with Gasteiger partial charge in [0, 0.05) is 10.0 Å². The third-order valence-electron chi connectivity index (χ3n) is 4.02. The largest absolute Gasteiger partial charge is 0.455 e. The summed E-state index contributed by atoms with van der Waals surface area (Å²) in [5, 5.41) is 0.480. The molecule has 2 nitrogen and oxygen atoms in total. The van der Waals surface area contributed by atoms with E-state index in [1.54, 1.807) is 24.3 Å². The highest BCUT2D eigenvalue weighted by atomic mass is 79.9. The molecule has 0 aliphatic rings. The molecule has 0 fully saturated rings. The molecule has 4 heteroatoms. The molecule has 0 saturated heterocycles. The topological polar surface area (TPSA) is 30.2 Å². The van der Waals surface area contributed by atoms with Crippen molar-refractivity contribution in [3.05, 3.63) is 93.3 Å². The second kappa shape index (κ2) is 6.30. The van der Waals surface area contributed by atoms with Gasteiger partial charge in [-0.05, 0) is 35.9 Å². The molecule has 4 rings (SSSR count). The molecule has 3 aromatic carbocycles. The fraction of sp³-hybridized carbons (Fsp3) is 0. The van der Waals surface area contributed by atoms with Crippen LogP contribution in [0.1, 0.15) is 0 Å². The second-order valence-corrected chi connectivity index (χ2v) is 6.56. The molecule has 0 saturated carbocycles. The first-order valence-electron chi connectivity index (χ1n) is 7.71. The molecule has 0 spiro atoms. The van der Waals surface area contributed by atoms with Gasteiger partial charge in [-0.25, -0.2) is 4.39 Å². The molecule has 1 aromatic heterocycles. The molecule has 122 valence electrons. The molecule has 0 unspecified atom stereocenters. The Morgan fingerprint density at radius 3 is 2.28 bits per heavy atom. The van der Waals surface area contributed by atoms with Crippen LogP contribution in [0.25, 0.3) is 33.4 Å². The van der Waals surface area contributed by atoms with Crippen molar-refractivity contribution in [3.63, 3.8) is 0 Å². The maximum Gasteiger partial charge on any atom is 0.201 e. The summed E-state index contributed by atoms with van der Waals surface area (Å²) < 4.78 is 20.2. The van der Waals surface area contributed by atoms with Crippen molar-refractivity contribution >= 4 is 26.9 Å². The van der Waals surface area contributed by atoms with Gasteiger partial charge in [-0.1, -0.05) is 58.4 Å². The van der Waals surface area contributed by atoms with Crippen molar-refractivity contribution in [1.82, 2.24) is 0 Å². The maximum absolute atomic E-state index is 13.3. The summed E-state index contributed by atoms with van der Waals surface area (Å²) in [5.74, 6) is 0.130. The van der Waals surface area contributed by atoms with Gasteiger partial charge in [-0.15, -0.1) is 0 Å². The highest BCUT2D eigenvalue weighted by Gasteiger charge is 2.18. The Morgan fingerprint density at radius 2 is 1.56 bits per heavy atom. The number of hydrogen-bond acceptors (Lipinski definition) is 2. The van der Waals surface area contributed by atoms with Crippen molar-refractivity contribution in [3.8, 4) is 22.5 Å². The van der Waals surface area contributed by atoms with Crippen LogP contribution in [0.15, 0.2) is 86.5 Å². The van der Waals surface area contributed by atoms with Crippen LogP contribution in [0, 0.1) is 5.82 Å². The fourth-order valence-corrected chi connectivity index (χ4v) is 3.20.